The Morgan fingerprint density at radius 3 is 2.17 bits per heavy atom. The third-order valence-electron chi connectivity index (χ3n) is 11.7. The van der Waals surface area contributed by atoms with E-state index in [9.17, 15) is 19.5 Å². The molecule has 3 amide bonds. The van der Waals surface area contributed by atoms with Gasteiger partial charge in [0, 0.05) is 36.9 Å². The molecule has 4 atom stereocenters. The fourth-order valence-electron chi connectivity index (χ4n) is 9.80. The summed E-state index contributed by atoms with van der Waals surface area (Å²) >= 11 is 0. The predicted octanol–water partition coefficient (Wildman–Crippen LogP) is 3.75. The van der Waals surface area contributed by atoms with Crippen molar-refractivity contribution in [2.24, 2.45) is 28.9 Å². The van der Waals surface area contributed by atoms with Crippen molar-refractivity contribution in [1.29, 1.82) is 0 Å². The molecule has 1 saturated heterocycles. The number of rotatable bonds is 10. The van der Waals surface area contributed by atoms with E-state index in [1.54, 1.807) is 9.58 Å². The van der Waals surface area contributed by atoms with Crippen LogP contribution < -0.4 is 11.1 Å². The lowest BCUT2D eigenvalue weighted by Crippen LogP contribution is -2.57. The third-order valence-corrected chi connectivity index (χ3v) is 11.7. The molecule has 5 aliphatic carbocycles. The van der Waals surface area contributed by atoms with Crippen LogP contribution in [0.5, 0.6) is 0 Å². The molecule has 47 heavy (non-hydrogen) atoms. The summed E-state index contributed by atoms with van der Waals surface area (Å²) in [4.78, 5) is 42.9. The normalized spacial score (nSPS) is 30.7. The maximum Gasteiger partial charge on any atom is 0.248 e. The second kappa shape index (κ2) is 11.9. The van der Waals surface area contributed by atoms with Crippen LogP contribution in [0.1, 0.15) is 81.0 Å². The van der Waals surface area contributed by atoms with Gasteiger partial charge in [-0.05, 0) is 85.8 Å². The van der Waals surface area contributed by atoms with Gasteiger partial charge in [0.15, 0.2) is 0 Å². The van der Waals surface area contributed by atoms with Gasteiger partial charge in [-0.1, -0.05) is 59.8 Å². The molecular weight excluding hydrogens is 592 g/mol. The monoisotopic (exact) mass is 636 g/mol. The summed E-state index contributed by atoms with van der Waals surface area (Å²) < 4.78 is 1.80. The van der Waals surface area contributed by atoms with Crippen LogP contribution in [-0.4, -0.2) is 67.5 Å². The van der Waals surface area contributed by atoms with Gasteiger partial charge in [0.25, 0.3) is 0 Å². The number of nitrogens with zero attached hydrogens (tertiary/aromatic N) is 4. The number of aliphatic hydroxyl groups excluding tert-OH is 1. The van der Waals surface area contributed by atoms with Crippen molar-refractivity contribution in [2.45, 2.75) is 94.4 Å². The van der Waals surface area contributed by atoms with Crippen molar-refractivity contribution in [3.8, 4) is 11.1 Å². The van der Waals surface area contributed by atoms with Crippen molar-refractivity contribution in [2.75, 3.05) is 6.54 Å². The number of carbonyl (C=O) groups excluding carboxylic acids is 3. The Bertz CT molecular complexity index is 1620. The van der Waals surface area contributed by atoms with Crippen LogP contribution in [0, 0.1) is 23.2 Å². The number of aromatic nitrogens is 3. The number of primary amides is 1. The number of nitrogens with one attached hydrogen (secondary N) is 1. The van der Waals surface area contributed by atoms with E-state index in [2.05, 4.69) is 15.6 Å². The molecule has 3 aromatic rings. The van der Waals surface area contributed by atoms with Gasteiger partial charge < -0.3 is 21.1 Å². The summed E-state index contributed by atoms with van der Waals surface area (Å²) in [6.45, 7) is 0.0617. The number of benzene rings is 2. The molecule has 4 bridgehead atoms. The molecule has 6 aliphatic rings. The highest BCUT2D eigenvalue weighted by Gasteiger charge is 2.58. The minimum atomic E-state index is -0.963. The average molecular weight is 637 g/mol. The maximum absolute atomic E-state index is 14.8. The van der Waals surface area contributed by atoms with Crippen LogP contribution in [0.4, 0.5) is 0 Å². The molecule has 2 aromatic carbocycles. The minimum absolute atomic E-state index is 0.0617. The van der Waals surface area contributed by atoms with Crippen LogP contribution in [-0.2, 0) is 20.8 Å². The zero-order chi connectivity index (χ0) is 32.3. The van der Waals surface area contributed by atoms with Gasteiger partial charge in [0.1, 0.15) is 18.1 Å². The van der Waals surface area contributed by atoms with Crippen molar-refractivity contribution in [3.63, 3.8) is 0 Å². The van der Waals surface area contributed by atoms with Crippen LogP contribution in [0.2, 0.25) is 0 Å². The summed E-state index contributed by atoms with van der Waals surface area (Å²) in [5, 5.41) is 22.7. The summed E-state index contributed by atoms with van der Waals surface area (Å²) in [6.07, 6.45) is 10.3. The SMILES string of the molecule is NC(=O)C(Cc1ccc(-c2ccccc2)cc1)NC(=O)C1CC(O)CN1C(=O)C(n1cc(C2CC2)nn1)C12CC3CC(CC(C3)C1)C2. The van der Waals surface area contributed by atoms with Crippen molar-refractivity contribution < 1.29 is 19.5 Å². The van der Waals surface area contributed by atoms with E-state index in [1.165, 1.54) is 19.3 Å². The largest absolute Gasteiger partial charge is 0.391 e. The first-order valence-electron chi connectivity index (χ1n) is 17.4. The smallest absolute Gasteiger partial charge is 0.248 e. The molecule has 4 unspecified atom stereocenters. The molecule has 246 valence electrons. The number of likely N-dealkylation sites (tertiary alicyclic amines) is 1. The molecule has 0 radical (unpaired) electrons. The molecule has 1 aliphatic heterocycles. The van der Waals surface area contributed by atoms with Gasteiger partial charge in [-0.15, -0.1) is 5.10 Å². The highest BCUT2D eigenvalue weighted by atomic mass is 16.3. The summed E-state index contributed by atoms with van der Waals surface area (Å²) in [5.41, 5.74) is 9.48. The fourth-order valence-corrected chi connectivity index (χ4v) is 9.80. The number of β-amino-alcohol motifs (C(OH)–C–C–N with tert-alkyl or cyclic N) is 1. The predicted molar refractivity (Wildman–Crippen MR) is 174 cm³/mol. The maximum atomic E-state index is 14.8. The number of carbonyl (C=O) groups is 3. The van der Waals surface area contributed by atoms with Gasteiger partial charge in [0.2, 0.25) is 17.7 Å². The number of hydrogen-bond acceptors (Lipinski definition) is 6. The lowest BCUT2D eigenvalue weighted by atomic mass is 9.47. The van der Waals surface area contributed by atoms with E-state index in [0.29, 0.717) is 23.7 Å². The molecule has 0 spiro atoms. The van der Waals surface area contributed by atoms with Gasteiger partial charge in [-0.2, -0.15) is 0 Å². The molecule has 2 heterocycles. The third kappa shape index (κ3) is 5.85. The molecule has 5 saturated carbocycles. The number of amides is 3. The summed E-state index contributed by atoms with van der Waals surface area (Å²) in [6, 6.07) is 15.4. The number of hydrogen-bond donors (Lipinski definition) is 3. The first-order valence-corrected chi connectivity index (χ1v) is 17.4. The molecule has 4 N–H and O–H groups in total. The van der Waals surface area contributed by atoms with Crippen LogP contribution in [0.3, 0.4) is 0 Å². The van der Waals surface area contributed by atoms with Crippen LogP contribution in [0.25, 0.3) is 11.1 Å². The second-order valence-corrected chi connectivity index (χ2v) is 15.2. The second-order valence-electron chi connectivity index (χ2n) is 15.2. The van der Waals surface area contributed by atoms with E-state index < -0.39 is 36.0 Å². The topological polar surface area (TPSA) is 143 Å². The van der Waals surface area contributed by atoms with E-state index in [-0.39, 0.29) is 30.7 Å². The number of aliphatic hydroxyl groups is 1. The Morgan fingerprint density at radius 1 is 0.915 bits per heavy atom. The Kier molecular flexibility index (Phi) is 7.66. The van der Waals surface area contributed by atoms with Gasteiger partial charge in [-0.25, -0.2) is 4.68 Å². The molecule has 10 heteroatoms. The van der Waals surface area contributed by atoms with Crippen molar-refractivity contribution in [3.05, 3.63) is 72.1 Å². The van der Waals surface area contributed by atoms with E-state index in [0.717, 1.165) is 54.5 Å². The number of nitrogens with two attached hydrogens (primary N) is 1. The van der Waals surface area contributed by atoms with Crippen LogP contribution in [0.15, 0.2) is 60.8 Å². The lowest BCUT2D eigenvalue weighted by molar-refractivity contribution is -0.154. The van der Waals surface area contributed by atoms with Crippen LogP contribution >= 0.6 is 0 Å². The van der Waals surface area contributed by atoms with Gasteiger partial charge in [0.05, 0.1) is 11.8 Å². The Hall–Kier alpha value is -4.05. The highest BCUT2D eigenvalue weighted by molar-refractivity contribution is 5.93. The fraction of sp³-hybridized carbons (Fsp3) is 0.541. The standard InChI is InChI=1S/C37H44N6O4/c38-34(45)30(15-22-6-8-27(9-7-22)26-4-2-1-3-5-26)39-35(46)32-16-29(44)20-42(32)36(47)33(43-21-31(40-41-43)28-10-11-28)37-17-23-12-24(18-37)14-25(13-23)19-37/h1-9,21,23-25,28-30,32-33,44H,10-20H2,(H2,38,45)(H,39,46). The van der Waals surface area contributed by atoms with E-state index in [1.807, 2.05) is 60.8 Å². The molecule has 6 fully saturated rings. The van der Waals surface area contributed by atoms with Gasteiger partial charge >= 0.3 is 0 Å². The first-order chi connectivity index (χ1) is 22.7. The Balaban J connectivity index is 1.03. The Labute approximate surface area is 275 Å². The molecule has 10 nitrogen and oxygen atoms in total. The molecule has 1 aromatic heterocycles. The van der Waals surface area contributed by atoms with Crippen molar-refractivity contribution in [1.82, 2.24) is 25.2 Å². The highest BCUT2D eigenvalue weighted by Crippen LogP contribution is 2.64. The van der Waals surface area contributed by atoms with E-state index >= 15 is 0 Å². The minimum Gasteiger partial charge on any atom is -0.391 e. The zero-order valence-corrected chi connectivity index (χ0v) is 26.7. The lowest BCUT2D eigenvalue weighted by Gasteiger charge is -2.59. The average Bonchev–Trinajstić information content (AvgIpc) is 3.66. The summed E-state index contributed by atoms with van der Waals surface area (Å²) in [5.74, 6) is 0.953. The molecular formula is C37H44N6O4. The first kappa shape index (κ1) is 30.3. The summed E-state index contributed by atoms with van der Waals surface area (Å²) in [7, 11) is 0. The van der Waals surface area contributed by atoms with Crippen molar-refractivity contribution >= 4 is 17.7 Å². The zero-order valence-electron chi connectivity index (χ0n) is 26.7. The van der Waals surface area contributed by atoms with Gasteiger partial charge in [-0.3, -0.25) is 14.4 Å². The molecule has 9 rings (SSSR count). The quantitative estimate of drug-likeness (QED) is 0.309. The Morgan fingerprint density at radius 2 is 1.55 bits per heavy atom. The van der Waals surface area contributed by atoms with E-state index in [4.69, 9.17) is 5.73 Å².